The highest BCUT2D eigenvalue weighted by atomic mass is 19.1. The number of aromatic nitrogens is 3. The third-order valence-corrected chi connectivity index (χ3v) is 5.17. The minimum atomic E-state index is -0.192. The Morgan fingerprint density at radius 1 is 1.27 bits per heavy atom. The average molecular weight is 411 g/mol. The van der Waals surface area contributed by atoms with Gasteiger partial charge < -0.3 is 15.1 Å². The molecule has 9 heteroatoms. The summed E-state index contributed by atoms with van der Waals surface area (Å²) in [5.74, 6) is 2.42. The first-order chi connectivity index (χ1) is 14.7. The molecule has 3 heterocycles. The summed E-state index contributed by atoms with van der Waals surface area (Å²) < 4.78 is 18.4. The van der Waals surface area contributed by atoms with E-state index in [1.165, 1.54) is 12.1 Å². The van der Waals surface area contributed by atoms with Crippen LogP contribution in [0.4, 0.5) is 4.39 Å². The molecule has 0 spiro atoms. The second kappa shape index (κ2) is 9.53. The number of furan rings is 1. The molecule has 4 rings (SSSR count). The van der Waals surface area contributed by atoms with E-state index in [2.05, 4.69) is 35.7 Å². The van der Waals surface area contributed by atoms with Crippen molar-refractivity contribution in [3.8, 4) is 11.6 Å². The van der Waals surface area contributed by atoms with Crippen LogP contribution in [0.25, 0.3) is 11.6 Å². The van der Waals surface area contributed by atoms with E-state index in [4.69, 9.17) is 4.42 Å². The third-order valence-electron chi connectivity index (χ3n) is 5.17. The molecule has 2 aromatic heterocycles. The number of benzene rings is 1. The fraction of sp³-hybridized carbons (Fsp3) is 0.381. The van der Waals surface area contributed by atoms with Gasteiger partial charge in [-0.1, -0.05) is 12.1 Å². The van der Waals surface area contributed by atoms with Gasteiger partial charge in [0.05, 0.1) is 12.8 Å². The number of aliphatic imine (C=N–C) groups is 1. The molecule has 1 aliphatic heterocycles. The summed E-state index contributed by atoms with van der Waals surface area (Å²) in [6.07, 6.45) is 3.64. The minimum absolute atomic E-state index is 0.192. The number of H-pyrrole nitrogens is 1. The molecular formula is C21H26FN7O. The van der Waals surface area contributed by atoms with Crippen LogP contribution in [0.1, 0.15) is 24.2 Å². The number of nitrogens with zero attached hydrogens (tertiary/aromatic N) is 4. The van der Waals surface area contributed by atoms with E-state index in [1.54, 1.807) is 19.4 Å². The van der Waals surface area contributed by atoms with Gasteiger partial charge in [-0.2, -0.15) is 0 Å². The van der Waals surface area contributed by atoms with Gasteiger partial charge in [-0.15, -0.1) is 5.10 Å². The lowest BCUT2D eigenvalue weighted by Gasteiger charge is -2.33. The number of hydrogen-bond acceptors (Lipinski definition) is 5. The number of piperidine rings is 1. The maximum absolute atomic E-state index is 13.1. The SMILES string of the molecule is CN=C(NCc1nc(-c2ccco2)n[nH]1)NC1CCN(Cc2ccc(F)cc2)CC1. The van der Waals surface area contributed by atoms with Crippen LogP contribution in [0.5, 0.6) is 0 Å². The van der Waals surface area contributed by atoms with Gasteiger partial charge in [0, 0.05) is 32.7 Å². The summed E-state index contributed by atoms with van der Waals surface area (Å²) in [4.78, 5) is 11.1. The van der Waals surface area contributed by atoms with Gasteiger partial charge in [0.25, 0.3) is 0 Å². The largest absolute Gasteiger partial charge is 0.461 e. The third kappa shape index (κ3) is 5.24. The van der Waals surface area contributed by atoms with Crippen molar-refractivity contribution < 1.29 is 8.81 Å². The van der Waals surface area contributed by atoms with Gasteiger partial charge in [-0.3, -0.25) is 15.0 Å². The van der Waals surface area contributed by atoms with Crippen molar-refractivity contribution in [1.82, 2.24) is 30.7 Å². The first-order valence-electron chi connectivity index (χ1n) is 10.1. The van der Waals surface area contributed by atoms with Crippen molar-refractivity contribution in [3.63, 3.8) is 0 Å². The molecule has 0 amide bonds. The van der Waals surface area contributed by atoms with Gasteiger partial charge in [-0.05, 0) is 42.7 Å². The van der Waals surface area contributed by atoms with E-state index in [9.17, 15) is 4.39 Å². The maximum Gasteiger partial charge on any atom is 0.216 e. The average Bonchev–Trinajstić information content (AvgIpc) is 3.46. The number of guanidine groups is 1. The Bertz CT molecular complexity index is 944. The molecule has 0 bridgehead atoms. The van der Waals surface area contributed by atoms with Crippen molar-refractivity contribution in [2.24, 2.45) is 4.99 Å². The van der Waals surface area contributed by atoms with Gasteiger partial charge in [-0.25, -0.2) is 9.37 Å². The predicted octanol–water partition coefficient (Wildman–Crippen LogP) is 2.53. The zero-order valence-electron chi connectivity index (χ0n) is 16.9. The highest BCUT2D eigenvalue weighted by Crippen LogP contribution is 2.15. The molecule has 158 valence electrons. The Labute approximate surface area is 174 Å². The van der Waals surface area contributed by atoms with Crippen molar-refractivity contribution >= 4 is 5.96 Å². The molecule has 8 nitrogen and oxygen atoms in total. The van der Waals surface area contributed by atoms with Crippen LogP contribution < -0.4 is 10.6 Å². The quantitative estimate of drug-likeness (QED) is 0.426. The number of aromatic amines is 1. The highest BCUT2D eigenvalue weighted by molar-refractivity contribution is 5.79. The molecule has 3 N–H and O–H groups in total. The molecule has 30 heavy (non-hydrogen) atoms. The van der Waals surface area contributed by atoms with Crippen molar-refractivity contribution in [1.29, 1.82) is 0 Å². The Balaban J connectivity index is 1.21. The number of rotatable bonds is 6. The molecular weight excluding hydrogens is 385 g/mol. The van der Waals surface area contributed by atoms with E-state index in [0.29, 0.717) is 30.0 Å². The van der Waals surface area contributed by atoms with Crippen LogP contribution >= 0.6 is 0 Å². The topological polar surface area (TPSA) is 94.4 Å². The molecule has 0 unspecified atom stereocenters. The molecule has 1 fully saturated rings. The summed E-state index contributed by atoms with van der Waals surface area (Å²) in [5, 5.41) is 13.8. The second-order valence-corrected chi connectivity index (χ2v) is 7.33. The van der Waals surface area contributed by atoms with Crippen LogP contribution in [0.2, 0.25) is 0 Å². The predicted molar refractivity (Wildman–Crippen MR) is 112 cm³/mol. The van der Waals surface area contributed by atoms with E-state index in [0.717, 1.165) is 44.0 Å². The summed E-state index contributed by atoms with van der Waals surface area (Å²) in [7, 11) is 1.76. The van der Waals surface area contributed by atoms with Crippen LogP contribution in [0.15, 0.2) is 52.1 Å². The van der Waals surface area contributed by atoms with Crippen LogP contribution in [-0.4, -0.2) is 52.2 Å². The smallest absolute Gasteiger partial charge is 0.216 e. The molecule has 0 saturated carbocycles. The van der Waals surface area contributed by atoms with E-state index >= 15 is 0 Å². The Kier molecular flexibility index (Phi) is 6.38. The number of hydrogen-bond donors (Lipinski definition) is 3. The van der Waals surface area contributed by atoms with Crippen molar-refractivity contribution in [3.05, 3.63) is 59.9 Å². The summed E-state index contributed by atoms with van der Waals surface area (Å²) in [6, 6.07) is 10.7. The second-order valence-electron chi connectivity index (χ2n) is 7.33. The standard InChI is InChI=1S/C21H26FN7O/c1-23-21(24-13-19-26-20(28-27-19)18-3-2-12-30-18)25-17-8-10-29(11-9-17)14-15-4-6-16(22)7-5-15/h2-7,12,17H,8-11,13-14H2,1H3,(H2,23,24,25)(H,26,27,28). The van der Waals surface area contributed by atoms with E-state index < -0.39 is 0 Å². The fourth-order valence-electron chi connectivity index (χ4n) is 3.53. The molecule has 1 aromatic carbocycles. The van der Waals surface area contributed by atoms with Crippen LogP contribution in [0, 0.1) is 5.82 Å². The van der Waals surface area contributed by atoms with Crippen LogP contribution in [-0.2, 0) is 13.1 Å². The van der Waals surface area contributed by atoms with E-state index in [-0.39, 0.29) is 5.82 Å². The number of halogens is 1. The lowest BCUT2D eigenvalue weighted by molar-refractivity contribution is 0.198. The van der Waals surface area contributed by atoms with Gasteiger partial charge in [0.2, 0.25) is 5.82 Å². The minimum Gasteiger partial charge on any atom is -0.461 e. The van der Waals surface area contributed by atoms with E-state index in [1.807, 2.05) is 18.2 Å². The zero-order valence-corrected chi connectivity index (χ0v) is 16.9. The Morgan fingerprint density at radius 2 is 2.07 bits per heavy atom. The lowest BCUT2D eigenvalue weighted by atomic mass is 10.0. The van der Waals surface area contributed by atoms with Crippen molar-refractivity contribution in [2.75, 3.05) is 20.1 Å². The number of likely N-dealkylation sites (tertiary alicyclic amines) is 1. The molecule has 0 aliphatic carbocycles. The summed E-state index contributed by atoms with van der Waals surface area (Å²) in [5.41, 5.74) is 1.14. The van der Waals surface area contributed by atoms with Gasteiger partial charge in [0.1, 0.15) is 11.6 Å². The van der Waals surface area contributed by atoms with Crippen LogP contribution in [0.3, 0.4) is 0 Å². The molecule has 1 aliphatic rings. The normalized spacial score (nSPS) is 16.0. The first-order valence-corrected chi connectivity index (χ1v) is 10.1. The lowest BCUT2D eigenvalue weighted by Crippen LogP contribution is -2.48. The summed E-state index contributed by atoms with van der Waals surface area (Å²) >= 11 is 0. The van der Waals surface area contributed by atoms with Gasteiger partial charge >= 0.3 is 0 Å². The molecule has 0 radical (unpaired) electrons. The molecule has 0 atom stereocenters. The number of nitrogens with one attached hydrogen (secondary N) is 3. The monoisotopic (exact) mass is 411 g/mol. The molecule has 1 saturated heterocycles. The highest BCUT2D eigenvalue weighted by Gasteiger charge is 2.20. The zero-order chi connectivity index (χ0) is 20.8. The fourth-order valence-corrected chi connectivity index (χ4v) is 3.53. The summed E-state index contributed by atoms with van der Waals surface area (Å²) in [6.45, 7) is 3.31. The van der Waals surface area contributed by atoms with Gasteiger partial charge in [0.15, 0.2) is 11.7 Å². The first kappa shape index (κ1) is 20.1. The molecule has 3 aromatic rings. The Morgan fingerprint density at radius 3 is 2.77 bits per heavy atom. The van der Waals surface area contributed by atoms with Crippen molar-refractivity contribution in [2.45, 2.75) is 32.0 Å². The maximum atomic E-state index is 13.1. The Hall–Kier alpha value is -3.20.